The van der Waals surface area contributed by atoms with E-state index in [0.717, 1.165) is 23.1 Å². The normalized spacial score (nSPS) is 19.8. The fourth-order valence-electron chi connectivity index (χ4n) is 3.29. The van der Waals surface area contributed by atoms with E-state index in [9.17, 15) is 9.90 Å². The highest BCUT2D eigenvalue weighted by Crippen LogP contribution is 2.36. The van der Waals surface area contributed by atoms with Crippen molar-refractivity contribution in [2.24, 2.45) is 0 Å². The fraction of sp³-hybridized carbons (Fsp3) is 0.316. The van der Waals surface area contributed by atoms with Crippen LogP contribution in [0.15, 0.2) is 42.5 Å². The highest BCUT2D eigenvalue weighted by atomic mass is 16.3. The summed E-state index contributed by atoms with van der Waals surface area (Å²) < 4.78 is 0. The molecule has 3 rings (SSSR count). The van der Waals surface area contributed by atoms with Crippen LogP contribution in [0.2, 0.25) is 0 Å². The van der Waals surface area contributed by atoms with E-state index in [-0.39, 0.29) is 12.5 Å². The second kappa shape index (κ2) is 5.58. The van der Waals surface area contributed by atoms with E-state index < -0.39 is 5.60 Å². The Morgan fingerprint density at radius 1 is 1.18 bits per heavy atom. The molecule has 1 amide bonds. The van der Waals surface area contributed by atoms with Gasteiger partial charge in [-0.25, -0.2) is 0 Å². The zero-order chi connectivity index (χ0) is 15.7. The molecule has 2 aromatic carbocycles. The van der Waals surface area contributed by atoms with Gasteiger partial charge < -0.3 is 10.4 Å². The van der Waals surface area contributed by atoms with Crippen LogP contribution in [0.3, 0.4) is 0 Å². The molecule has 0 radical (unpaired) electrons. The smallest absolute Gasteiger partial charge is 0.251 e. The number of hydrogen-bond donors (Lipinski definition) is 2. The number of benzene rings is 2. The molecule has 0 bridgehead atoms. The summed E-state index contributed by atoms with van der Waals surface area (Å²) in [6.45, 7) is 4.20. The largest absolute Gasteiger partial charge is 0.383 e. The van der Waals surface area contributed by atoms with Crippen LogP contribution in [-0.2, 0) is 12.0 Å². The Balaban J connectivity index is 1.74. The number of aryl methyl sites for hydroxylation is 3. The second-order valence-electron chi connectivity index (χ2n) is 6.25. The van der Waals surface area contributed by atoms with E-state index >= 15 is 0 Å². The number of carbonyl (C=O) groups is 1. The average Bonchev–Trinajstić information content (AvgIpc) is 2.82. The maximum atomic E-state index is 12.3. The molecule has 22 heavy (non-hydrogen) atoms. The van der Waals surface area contributed by atoms with E-state index in [1.54, 1.807) is 0 Å². The van der Waals surface area contributed by atoms with Gasteiger partial charge in [-0.05, 0) is 49.9 Å². The van der Waals surface area contributed by atoms with Crippen LogP contribution >= 0.6 is 0 Å². The summed E-state index contributed by atoms with van der Waals surface area (Å²) in [5.41, 5.74) is 3.93. The number of rotatable bonds is 3. The van der Waals surface area contributed by atoms with Gasteiger partial charge in [-0.15, -0.1) is 0 Å². The van der Waals surface area contributed by atoms with Crippen molar-refractivity contribution in [1.29, 1.82) is 0 Å². The molecule has 1 aliphatic rings. The monoisotopic (exact) mass is 295 g/mol. The third kappa shape index (κ3) is 2.77. The predicted octanol–water partition coefficient (Wildman–Crippen LogP) is 2.87. The highest BCUT2D eigenvalue weighted by molar-refractivity contribution is 5.94. The van der Waals surface area contributed by atoms with Crippen molar-refractivity contribution in [3.05, 3.63) is 70.3 Å². The molecule has 0 heterocycles. The van der Waals surface area contributed by atoms with Gasteiger partial charge in [-0.3, -0.25) is 4.79 Å². The SMILES string of the molecule is Cc1cc(C)cc(C(=O)NCC2(O)CCc3ccccc32)c1. The first-order valence-corrected chi connectivity index (χ1v) is 7.65. The van der Waals surface area contributed by atoms with Crippen LogP contribution < -0.4 is 5.32 Å². The van der Waals surface area contributed by atoms with Crippen molar-refractivity contribution in [2.75, 3.05) is 6.54 Å². The molecule has 1 atom stereocenters. The van der Waals surface area contributed by atoms with Gasteiger partial charge in [0.1, 0.15) is 5.60 Å². The molecule has 1 aliphatic carbocycles. The molecule has 2 aromatic rings. The van der Waals surface area contributed by atoms with Gasteiger partial charge in [-0.1, -0.05) is 41.5 Å². The first-order chi connectivity index (χ1) is 10.5. The van der Waals surface area contributed by atoms with E-state index in [0.29, 0.717) is 12.0 Å². The van der Waals surface area contributed by atoms with Crippen molar-refractivity contribution in [3.8, 4) is 0 Å². The van der Waals surface area contributed by atoms with E-state index in [2.05, 4.69) is 5.32 Å². The molecule has 0 aromatic heterocycles. The summed E-state index contributed by atoms with van der Waals surface area (Å²) >= 11 is 0. The number of aliphatic hydroxyl groups is 1. The molecule has 0 aliphatic heterocycles. The van der Waals surface area contributed by atoms with E-state index in [1.165, 1.54) is 5.56 Å². The van der Waals surface area contributed by atoms with Gasteiger partial charge in [0.05, 0.1) is 6.54 Å². The Kier molecular flexibility index (Phi) is 3.75. The third-order valence-corrected chi connectivity index (χ3v) is 4.35. The summed E-state index contributed by atoms with van der Waals surface area (Å²) in [5, 5.41) is 13.7. The molecular formula is C19H21NO2. The molecule has 0 spiro atoms. The lowest BCUT2D eigenvalue weighted by atomic mass is 9.96. The minimum atomic E-state index is -0.953. The Morgan fingerprint density at radius 2 is 1.86 bits per heavy atom. The molecule has 2 N–H and O–H groups in total. The molecule has 3 nitrogen and oxygen atoms in total. The lowest BCUT2D eigenvalue weighted by Crippen LogP contribution is -2.39. The van der Waals surface area contributed by atoms with Crippen LogP contribution in [0.1, 0.15) is 39.0 Å². The van der Waals surface area contributed by atoms with Gasteiger partial charge in [0, 0.05) is 5.56 Å². The van der Waals surface area contributed by atoms with Crippen LogP contribution in [0.25, 0.3) is 0 Å². The molecular weight excluding hydrogens is 274 g/mol. The molecule has 114 valence electrons. The Morgan fingerprint density at radius 3 is 2.59 bits per heavy atom. The first-order valence-electron chi connectivity index (χ1n) is 7.65. The minimum absolute atomic E-state index is 0.135. The summed E-state index contributed by atoms with van der Waals surface area (Å²) in [6, 6.07) is 13.7. The summed E-state index contributed by atoms with van der Waals surface area (Å²) in [7, 11) is 0. The summed E-state index contributed by atoms with van der Waals surface area (Å²) in [5.74, 6) is -0.135. The van der Waals surface area contributed by atoms with Crippen molar-refractivity contribution < 1.29 is 9.90 Å². The maximum Gasteiger partial charge on any atom is 0.251 e. The van der Waals surface area contributed by atoms with Crippen molar-refractivity contribution in [1.82, 2.24) is 5.32 Å². The van der Waals surface area contributed by atoms with Crippen molar-refractivity contribution >= 4 is 5.91 Å². The van der Waals surface area contributed by atoms with Crippen LogP contribution in [0, 0.1) is 13.8 Å². The van der Waals surface area contributed by atoms with Gasteiger partial charge in [-0.2, -0.15) is 0 Å². The topological polar surface area (TPSA) is 49.3 Å². The fourth-order valence-corrected chi connectivity index (χ4v) is 3.29. The number of nitrogens with one attached hydrogen (secondary N) is 1. The quantitative estimate of drug-likeness (QED) is 0.915. The minimum Gasteiger partial charge on any atom is -0.383 e. The van der Waals surface area contributed by atoms with Gasteiger partial charge >= 0.3 is 0 Å². The lowest BCUT2D eigenvalue weighted by Gasteiger charge is -2.24. The maximum absolute atomic E-state index is 12.3. The Labute approximate surface area is 131 Å². The zero-order valence-corrected chi connectivity index (χ0v) is 13.0. The molecule has 0 fully saturated rings. The second-order valence-corrected chi connectivity index (χ2v) is 6.25. The van der Waals surface area contributed by atoms with Gasteiger partial charge in [0.25, 0.3) is 5.91 Å². The summed E-state index contributed by atoms with van der Waals surface area (Å²) in [4.78, 5) is 12.3. The number of fused-ring (bicyclic) bond motifs is 1. The van der Waals surface area contributed by atoms with Gasteiger partial charge in [0.15, 0.2) is 0 Å². The summed E-state index contributed by atoms with van der Waals surface area (Å²) in [6.07, 6.45) is 1.51. The van der Waals surface area contributed by atoms with Gasteiger partial charge in [0.2, 0.25) is 0 Å². The zero-order valence-electron chi connectivity index (χ0n) is 13.0. The van der Waals surface area contributed by atoms with E-state index in [4.69, 9.17) is 0 Å². The number of amides is 1. The molecule has 3 heteroatoms. The highest BCUT2D eigenvalue weighted by Gasteiger charge is 2.36. The van der Waals surface area contributed by atoms with Crippen molar-refractivity contribution in [2.45, 2.75) is 32.3 Å². The van der Waals surface area contributed by atoms with Crippen molar-refractivity contribution in [3.63, 3.8) is 0 Å². The van der Waals surface area contributed by atoms with Crippen LogP contribution in [0.4, 0.5) is 0 Å². The average molecular weight is 295 g/mol. The Bertz CT molecular complexity index is 703. The third-order valence-electron chi connectivity index (χ3n) is 4.35. The van der Waals surface area contributed by atoms with Crippen LogP contribution in [-0.4, -0.2) is 17.6 Å². The predicted molar refractivity (Wildman–Crippen MR) is 86.9 cm³/mol. The molecule has 0 saturated carbocycles. The molecule has 0 saturated heterocycles. The molecule has 1 unspecified atom stereocenters. The standard InChI is InChI=1S/C19H21NO2/c1-13-9-14(2)11-16(10-13)18(21)20-12-19(22)8-7-15-5-3-4-6-17(15)19/h3-6,9-11,22H,7-8,12H2,1-2H3,(H,20,21). The Hall–Kier alpha value is -2.13. The number of carbonyl (C=O) groups excluding carboxylic acids is 1. The lowest BCUT2D eigenvalue weighted by molar-refractivity contribution is 0.0369. The number of hydrogen-bond acceptors (Lipinski definition) is 2. The first kappa shape index (κ1) is 14.8. The van der Waals surface area contributed by atoms with Crippen LogP contribution in [0.5, 0.6) is 0 Å². The van der Waals surface area contributed by atoms with E-state index in [1.807, 2.05) is 56.3 Å².